The van der Waals surface area contributed by atoms with Gasteiger partial charge in [-0.15, -0.1) is 0 Å². The zero-order valence-corrected chi connectivity index (χ0v) is 17.8. The quantitative estimate of drug-likeness (QED) is 0.661. The molecule has 0 unspecified atom stereocenters. The van der Waals surface area contributed by atoms with Gasteiger partial charge in [0, 0.05) is 18.8 Å². The van der Waals surface area contributed by atoms with E-state index in [1.54, 1.807) is 13.8 Å². The Hall–Kier alpha value is -2.09. The lowest BCUT2D eigenvalue weighted by Gasteiger charge is -2.19. The maximum absolute atomic E-state index is 12.5. The third kappa shape index (κ3) is 5.47. The van der Waals surface area contributed by atoms with Gasteiger partial charge in [-0.2, -0.15) is 4.31 Å². The van der Waals surface area contributed by atoms with E-state index in [0.29, 0.717) is 18.8 Å². The van der Waals surface area contributed by atoms with Crippen molar-refractivity contribution in [3.8, 4) is 5.75 Å². The van der Waals surface area contributed by atoms with Gasteiger partial charge in [-0.1, -0.05) is 44.5 Å². The van der Waals surface area contributed by atoms with Crippen LogP contribution in [0.15, 0.2) is 47.4 Å². The van der Waals surface area contributed by atoms with Gasteiger partial charge in [-0.05, 0) is 42.3 Å². The lowest BCUT2D eigenvalue weighted by molar-refractivity contribution is -0.118. The molecule has 0 aromatic heterocycles. The van der Waals surface area contributed by atoms with Crippen LogP contribution >= 0.6 is 11.6 Å². The van der Waals surface area contributed by atoms with Crippen molar-refractivity contribution < 1.29 is 17.9 Å². The minimum atomic E-state index is -3.60. The molecule has 0 atom stereocenters. The Labute approximate surface area is 171 Å². The molecule has 6 nitrogen and oxygen atoms in total. The molecule has 1 amide bonds. The molecule has 0 saturated carbocycles. The molecule has 0 saturated heterocycles. The van der Waals surface area contributed by atoms with E-state index in [0.717, 1.165) is 6.42 Å². The second-order valence-electron chi connectivity index (χ2n) is 6.07. The van der Waals surface area contributed by atoms with Crippen molar-refractivity contribution in [3.05, 3.63) is 53.1 Å². The molecule has 2 rings (SSSR count). The Bertz CT molecular complexity index is 910. The van der Waals surface area contributed by atoms with E-state index in [9.17, 15) is 13.2 Å². The van der Waals surface area contributed by atoms with E-state index in [-0.39, 0.29) is 28.2 Å². The van der Waals surface area contributed by atoms with Crippen LogP contribution in [0, 0.1) is 0 Å². The number of halogens is 1. The summed E-state index contributed by atoms with van der Waals surface area (Å²) >= 11 is 6.16. The highest BCUT2D eigenvalue weighted by Crippen LogP contribution is 2.28. The Morgan fingerprint density at radius 2 is 1.71 bits per heavy atom. The van der Waals surface area contributed by atoms with Crippen molar-refractivity contribution in [2.24, 2.45) is 0 Å². The van der Waals surface area contributed by atoms with E-state index < -0.39 is 10.0 Å². The number of rotatable bonds is 9. The van der Waals surface area contributed by atoms with Gasteiger partial charge in [0.2, 0.25) is 10.0 Å². The number of ether oxygens (including phenoxy) is 1. The van der Waals surface area contributed by atoms with Gasteiger partial charge in [0.15, 0.2) is 6.61 Å². The van der Waals surface area contributed by atoms with Gasteiger partial charge in [0.1, 0.15) is 5.75 Å². The molecule has 0 aliphatic rings. The van der Waals surface area contributed by atoms with Crippen molar-refractivity contribution >= 4 is 33.2 Å². The van der Waals surface area contributed by atoms with E-state index in [2.05, 4.69) is 12.2 Å². The summed E-state index contributed by atoms with van der Waals surface area (Å²) in [4.78, 5) is 12.2. The van der Waals surface area contributed by atoms with Gasteiger partial charge in [-0.25, -0.2) is 8.42 Å². The molecular weight excluding hydrogens is 400 g/mol. The summed E-state index contributed by atoms with van der Waals surface area (Å²) in [5.41, 5.74) is 1.86. The van der Waals surface area contributed by atoms with Crippen LogP contribution in [0.4, 0.5) is 5.69 Å². The van der Waals surface area contributed by atoms with Crippen molar-refractivity contribution in [1.29, 1.82) is 0 Å². The Morgan fingerprint density at radius 3 is 2.25 bits per heavy atom. The molecule has 0 aliphatic heterocycles. The molecule has 0 heterocycles. The minimum Gasteiger partial charge on any atom is -0.482 e. The smallest absolute Gasteiger partial charge is 0.262 e. The number of amides is 1. The van der Waals surface area contributed by atoms with E-state index in [1.807, 2.05) is 24.3 Å². The normalized spacial score (nSPS) is 11.5. The van der Waals surface area contributed by atoms with Crippen molar-refractivity contribution in [2.45, 2.75) is 32.1 Å². The van der Waals surface area contributed by atoms with Crippen LogP contribution in [0.3, 0.4) is 0 Å². The van der Waals surface area contributed by atoms with Gasteiger partial charge < -0.3 is 10.1 Å². The maximum Gasteiger partial charge on any atom is 0.262 e. The first-order valence-electron chi connectivity index (χ1n) is 9.13. The lowest BCUT2D eigenvalue weighted by Crippen LogP contribution is -2.30. The summed E-state index contributed by atoms with van der Waals surface area (Å²) in [6.45, 7) is 6.10. The summed E-state index contributed by atoms with van der Waals surface area (Å²) in [6.07, 6.45) is 0.926. The van der Waals surface area contributed by atoms with Crippen molar-refractivity contribution in [3.63, 3.8) is 0 Å². The molecule has 0 aliphatic carbocycles. The monoisotopic (exact) mass is 424 g/mol. The number of carbonyl (C=O) groups excluding carboxylic acids is 1. The SMILES string of the molecule is CCc1ccc(NC(=O)COc2ccc(S(=O)(=O)N(CC)CC)cc2Cl)cc1. The van der Waals surface area contributed by atoms with Gasteiger partial charge >= 0.3 is 0 Å². The zero-order valence-electron chi connectivity index (χ0n) is 16.2. The largest absolute Gasteiger partial charge is 0.482 e. The number of nitrogens with zero attached hydrogens (tertiary/aromatic N) is 1. The molecule has 1 N–H and O–H groups in total. The third-order valence-corrected chi connectivity index (χ3v) is 6.59. The van der Waals surface area contributed by atoms with Crippen LogP contribution < -0.4 is 10.1 Å². The first-order valence-corrected chi connectivity index (χ1v) is 10.9. The van der Waals surface area contributed by atoms with Crippen LogP contribution in [0.5, 0.6) is 5.75 Å². The molecule has 0 radical (unpaired) electrons. The predicted octanol–water partition coefficient (Wildman–Crippen LogP) is 3.95. The fourth-order valence-corrected chi connectivity index (χ4v) is 4.42. The Morgan fingerprint density at radius 1 is 1.07 bits per heavy atom. The topological polar surface area (TPSA) is 75.7 Å². The summed E-state index contributed by atoms with van der Waals surface area (Å²) in [7, 11) is -3.60. The van der Waals surface area contributed by atoms with Crippen LogP contribution in [-0.4, -0.2) is 38.3 Å². The van der Waals surface area contributed by atoms with Crippen LogP contribution in [0.25, 0.3) is 0 Å². The Kier molecular flexibility index (Phi) is 7.86. The first kappa shape index (κ1) is 22.2. The minimum absolute atomic E-state index is 0.0917. The molecule has 0 spiro atoms. The van der Waals surface area contributed by atoms with Crippen molar-refractivity contribution in [1.82, 2.24) is 4.31 Å². The molecule has 28 heavy (non-hydrogen) atoms. The number of benzene rings is 2. The third-order valence-electron chi connectivity index (χ3n) is 4.25. The fraction of sp³-hybridized carbons (Fsp3) is 0.350. The van der Waals surface area contributed by atoms with E-state index in [4.69, 9.17) is 16.3 Å². The number of anilines is 1. The molecule has 8 heteroatoms. The Balaban J connectivity index is 2.01. The fourth-order valence-electron chi connectivity index (χ4n) is 2.64. The number of nitrogens with one attached hydrogen (secondary N) is 1. The standard InChI is InChI=1S/C20H25ClN2O4S/c1-4-15-7-9-16(10-8-15)22-20(24)14-27-19-12-11-17(13-18(19)21)28(25,26)23(5-2)6-3/h7-13H,4-6,14H2,1-3H3,(H,22,24). The highest BCUT2D eigenvalue weighted by atomic mass is 35.5. The highest BCUT2D eigenvalue weighted by molar-refractivity contribution is 7.89. The van der Waals surface area contributed by atoms with Crippen LogP contribution in [-0.2, 0) is 21.2 Å². The number of hydrogen-bond donors (Lipinski definition) is 1. The molecule has 152 valence electrons. The summed E-state index contributed by atoms with van der Waals surface area (Å²) in [5.74, 6) is -0.0863. The lowest BCUT2D eigenvalue weighted by atomic mass is 10.1. The number of aryl methyl sites for hydroxylation is 1. The molecule has 0 bridgehead atoms. The first-order chi connectivity index (χ1) is 13.3. The second kappa shape index (κ2) is 9.91. The highest BCUT2D eigenvalue weighted by Gasteiger charge is 2.22. The molecular formula is C20H25ClN2O4S. The van der Waals surface area contributed by atoms with Gasteiger partial charge in [0.25, 0.3) is 5.91 Å². The summed E-state index contributed by atoms with van der Waals surface area (Å²) in [5, 5.41) is 2.87. The second-order valence-corrected chi connectivity index (χ2v) is 8.41. The number of sulfonamides is 1. The average Bonchev–Trinajstić information content (AvgIpc) is 2.68. The zero-order chi connectivity index (χ0) is 20.7. The van der Waals surface area contributed by atoms with Gasteiger partial charge in [0.05, 0.1) is 9.92 Å². The number of carbonyl (C=O) groups is 1. The molecule has 0 fully saturated rings. The maximum atomic E-state index is 12.5. The average molecular weight is 425 g/mol. The molecule has 2 aromatic rings. The van der Waals surface area contributed by atoms with Crippen molar-refractivity contribution in [2.75, 3.05) is 25.0 Å². The summed E-state index contributed by atoms with van der Waals surface area (Å²) < 4.78 is 31.9. The van der Waals surface area contributed by atoms with Gasteiger partial charge in [-0.3, -0.25) is 4.79 Å². The van der Waals surface area contributed by atoms with E-state index in [1.165, 1.54) is 28.1 Å². The molecule has 2 aromatic carbocycles. The predicted molar refractivity (Wildman–Crippen MR) is 112 cm³/mol. The van der Waals surface area contributed by atoms with Crippen LogP contribution in [0.2, 0.25) is 5.02 Å². The number of hydrogen-bond acceptors (Lipinski definition) is 4. The summed E-state index contributed by atoms with van der Waals surface area (Å²) in [6, 6.07) is 11.8. The van der Waals surface area contributed by atoms with E-state index >= 15 is 0 Å². The van der Waals surface area contributed by atoms with Crippen LogP contribution in [0.1, 0.15) is 26.3 Å².